The van der Waals surface area contributed by atoms with E-state index >= 15 is 0 Å². The molecule has 2 aliphatic heterocycles. The van der Waals surface area contributed by atoms with Gasteiger partial charge in [-0.25, -0.2) is 0 Å². The molecule has 106 valence electrons. The summed E-state index contributed by atoms with van der Waals surface area (Å²) in [5.74, 6) is 0. The quantitative estimate of drug-likeness (QED) is 0.781. The molecule has 4 heteroatoms. The highest BCUT2D eigenvalue weighted by atomic mass is 16.5. The van der Waals surface area contributed by atoms with Gasteiger partial charge in [0.2, 0.25) is 0 Å². The normalized spacial score (nSPS) is 28.2. The van der Waals surface area contributed by atoms with E-state index in [-0.39, 0.29) is 12.2 Å². The second-order valence-corrected chi connectivity index (χ2v) is 5.54. The number of hydrogen-bond acceptors (Lipinski definition) is 4. The average Bonchev–Trinajstić information content (AvgIpc) is 2.74. The van der Waals surface area contributed by atoms with E-state index in [0.29, 0.717) is 13.2 Å². The Morgan fingerprint density at radius 1 is 1.17 bits per heavy atom. The van der Waals surface area contributed by atoms with Crippen LogP contribution in [0.2, 0.25) is 0 Å². The van der Waals surface area contributed by atoms with Crippen LogP contribution in [0.4, 0.5) is 0 Å². The minimum absolute atomic E-state index is 0.260. The third-order valence-corrected chi connectivity index (χ3v) is 3.81. The highest BCUT2D eigenvalue weighted by molar-refractivity contribution is 4.68. The van der Waals surface area contributed by atoms with Crippen molar-refractivity contribution in [1.29, 1.82) is 0 Å². The summed E-state index contributed by atoms with van der Waals surface area (Å²) in [6.07, 6.45) is 7.35. The summed E-state index contributed by atoms with van der Waals surface area (Å²) in [4.78, 5) is 2.37. The highest BCUT2D eigenvalue weighted by Crippen LogP contribution is 2.12. The number of β-amino-alcohol motifs (C(OH)–C–C–N with tert-alkyl or cyclic N) is 1. The number of aliphatic hydroxyl groups is 1. The van der Waals surface area contributed by atoms with Gasteiger partial charge in [0.05, 0.1) is 25.4 Å². The van der Waals surface area contributed by atoms with Crippen LogP contribution in [0, 0.1) is 0 Å². The lowest BCUT2D eigenvalue weighted by Gasteiger charge is -2.23. The molecule has 2 atom stereocenters. The van der Waals surface area contributed by atoms with Crippen LogP contribution in [0.1, 0.15) is 38.5 Å². The zero-order valence-electron chi connectivity index (χ0n) is 11.4. The van der Waals surface area contributed by atoms with Crippen molar-refractivity contribution in [3.8, 4) is 0 Å². The van der Waals surface area contributed by atoms with Crippen molar-refractivity contribution in [2.24, 2.45) is 0 Å². The first-order valence-electron chi connectivity index (χ1n) is 7.44. The second kappa shape index (κ2) is 8.10. The molecule has 2 rings (SSSR count). The molecule has 0 aliphatic carbocycles. The molecule has 0 aromatic rings. The van der Waals surface area contributed by atoms with Crippen LogP contribution in [0.3, 0.4) is 0 Å². The van der Waals surface area contributed by atoms with Gasteiger partial charge >= 0.3 is 0 Å². The van der Waals surface area contributed by atoms with Crippen molar-refractivity contribution in [2.75, 3.05) is 39.5 Å². The Morgan fingerprint density at radius 2 is 1.94 bits per heavy atom. The number of likely N-dealkylation sites (tertiary alicyclic amines) is 1. The van der Waals surface area contributed by atoms with Crippen LogP contribution in [0.15, 0.2) is 0 Å². The molecule has 0 radical (unpaired) electrons. The van der Waals surface area contributed by atoms with Gasteiger partial charge in [-0.3, -0.25) is 0 Å². The van der Waals surface area contributed by atoms with E-state index in [2.05, 4.69) is 4.90 Å². The minimum Gasteiger partial charge on any atom is -0.389 e. The maximum atomic E-state index is 9.96. The molecular formula is C14H27NO3. The summed E-state index contributed by atoms with van der Waals surface area (Å²) in [5, 5.41) is 9.96. The van der Waals surface area contributed by atoms with E-state index < -0.39 is 0 Å². The summed E-state index contributed by atoms with van der Waals surface area (Å²) in [5.41, 5.74) is 0. The maximum absolute atomic E-state index is 9.96. The Bertz CT molecular complexity index is 211. The van der Waals surface area contributed by atoms with Crippen LogP contribution < -0.4 is 0 Å². The molecule has 2 saturated heterocycles. The number of hydrogen-bond donors (Lipinski definition) is 1. The molecule has 0 aromatic heterocycles. The van der Waals surface area contributed by atoms with E-state index in [4.69, 9.17) is 9.47 Å². The van der Waals surface area contributed by atoms with Crippen LogP contribution in [-0.4, -0.2) is 61.7 Å². The number of nitrogens with zero attached hydrogens (tertiary/aromatic N) is 1. The van der Waals surface area contributed by atoms with E-state index in [1.807, 2.05) is 0 Å². The van der Waals surface area contributed by atoms with Crippen LogP contribution in [0.25, 0.3) is 0 Å². The van der Waals surface area contributed by atoms with Crippen LogP contribution >= 0.6 is 0 Å². The van der Waals surface area contributed by atoms with E-state index in [0.717, 1.165) is 39.1 Å². The SMILES string of the molecule is OC(COCC1CCCO1)CN1CCCCCC1. The molecule has 2 fully saturated rings. The zero-order chi connectivity index (χ0) is 12.6. The lowest BCUT2D eigenvalue weighted by molar-refractivity contribution is -0.0249. The monoisotopic (exact) mass is 257 g/mol. The van der Waals surface area contributed by atoms with Gasteiger partial charge in [-0.05, 0) is 38.8 Å². The Labute approximate surface area is 110 Å². The lowest BCUT2D eigenvalue weighted by atomic mass is 10.2. The first kappa shape index (κ1) is 14.3. The van der Waals surface area contributed by atoms with Gasteiger partial charge in [-0.15, -0.1) is 0 Å². The van der Waals surface area contributed by atoms with Crippen LogP contribution in [-0.2, 0) is 9.47 Å². The Kier molecular flexibility index (Phi) is 6.41. The minimum atomic E-state index is -0.357. The van der Waals surface area contributed by atoms with Gasteiger partial charge in [-0.2, -0.15) is 0 Å². The van der Waals surface area contributed by atoms with Crippen molar-refractivity contribution >= 4 is 0 Å². The Balaban J connectivity index is 1.54. The van der Waals surface area contributed by atoms with Crippen molar-refractivity contribution in [2.45, 2.75) is 50.7 Å². The van der Waals surface area contributed by atoms with Crippen molar-refractivity contribution in [1.82, 2.24) is 4.90 Å². The summed E-state index contributed by atoms with van der Waals surface area (Å²) in [6, 6.07) is 0. The molecular weight excluding hydrogens is 230 g/mol. The fourth-order valence-corrected chi connectivity index (χ4v) is 2.78. The average molecular weight is 257 g/mol. The van der Waals surface area contributed by atoms with Gasteiger partial charge in [0.15, 0.2) is 0 Å². The molecule has 2 unspecified atom stereocenters. The summed E-state index contributed by atoms with van der Waals surface area (Å²) in [6.45, 7) is 4.95. The van der Waals surface area contributed by atoms with E-state index in [1.165, 1.54) is 25.7 Å². The molecule has 0 aromatic carbocycles. The van der Waals surface area contributed by atoms with Gasteiger partial charge in [-0.1, -0.05) is 12.8 Å². The molecule has 4 nitrogen and oxygen atoms in total. The number of ether oxygens (including phenoxy) is 2. The maximum Gasteiger partial charge on any atom is 0.0900 e. The van der Waals surface area contributed by atoms with Gasteiger partial charge in [0, 0.05) is 13.2 Å². The number of aliphatic hydroxyl groups excluding tert-OH is 1. The molecule has 0 saturated carbocycles. The summed E-state index contributed by atoms with van der Waals surface area (Å²) >= 11 is 0. The molecule has 0 spiro atoms. The smallest absolute Gasteiger partial charge is 0.0900 e. The van der Waals surface area contributed by atoms with E-state index in [9.17, 15) is 5.11 Å². The van der Waals surface area contributed by atoms with Crippen molar-refractivity contribution < 1.29 is 14.6 Å². The first-order chi connectivity index (χ1) is 8.84. The fourth-order valence-electron chi connectivity index (χ4n) is 2.78. The highest BCUT2D eigenvalue weighted by Gasteiger charge is 2.17. The predicted molar refractivity (Wildman–Crippen MR) is 70.7 cm³/mol. The topological polar surface area (TPSA) is 41.9 Å². The third-order valence-electron chi connectivity index (χ3n) is 3.81. The Morgan fingerprint density at radius 3 is 2.61 bits per heavy atom. The van der Waals surface area contributed by atoms with Crippen molar-refractivity contribution in [3.63, 3.8) is 0 Å². The molecule has 18 heavy (non-hydrogen) atoms. The molecule has 2 heterocycles. The summed E-state index contributed by atoms with van der Waals surface area (Å²) < 4.78 is 11.0. The first-order valence-corrected chi connectivity index (χ1v) is 7.44. The van der Waals surface area contributed by atoms with Crippen molar-refractivity contribution in [3.05, 3.63) is 0 Å². The Hall–Kier alpha value is -0.160. The van der Waals surface area contributed by atoms with Gasteiger partial charge < -0.3 is 19.5 Å². The fraction of sp³-hybridized carbons (Fsp3) is 1.00. The standard InChI is InChI=1S/C14H27NO3/c16-13(10-15-7-3-1-2-4-8-15)11-17-12-14-6-5-9-18-14/h13-14,16H,1-12H2. The van der Waals surface area contributed by atoms with Gasteiger partial charge in [0.1, 0.15) is 0 Å². The molecule has 2 aliphatic rings. The third kappa shape index (κ3) is 5.22. The van der Waals surface area contributed by atoms with Crippen LogP contribution in [0.5, 0.6) is 0 Å². The number of rotatable bonds is 6. The van der Waals surface area contributed by atoms with Gasteiger partial charge in [0.25, 0.3) is 0 Å². The largest absolute Gasteiger partial charge is 0.389 e. The summed E-state index contributed by atoms with van der Waals surface area (Å²) in [7, 11) is 0. The predicted octanol–water partition coefficient (Wildman–Crippen LogP) is 1.42. The second-order valence-electron chi connectivity index (χ2n) is 5.54. The zero-order valence-corrected chi connectivity index (χ0v) is 11.4. The molecule has 0 bridgehead atoms. The molecule has 1 N–H and O–H groups in total. The van der Waals surface area contributed by atoms with E-state index in [1.54, 1.807) is 0 Å². The molecule has 0 amide bonds. The lowest BCUT2D eigenvalue weighted by Crippen LogP contribution is -2.36.